The number of phenolic OH excluding ortho intramolecular Hbond substituents is 1. The molecular formula is C26H30FN3O3. The highest BCUT2D eigenvalue weighted by molar-refractivity contribution is 6.14. The van der Waals surface area contributed by atoms with E-state index in [9.17, 15) is 19.1 Å². The van der Waals surface area contributed by atoms with Crippen molar-refractivity contribution in [1.29, 1.82) is 0 Å². The monoisotopic (exact) mass is 451 g/mol. The Bertz CT molecular complexity index is 1420. The van der Waals surface area contributed by atoms with Gasteiger partial charge in [0.2, 0.25) is 0 Å². The zero-order valence-corrected chi connectivity index (χ0v) is 19.8. The lowest BCUT2D eigenvalue weighted by molar-refractivity contribution is 0.383. The number of aryl methyl sites for hydroxylation is 1. The molecule has 2 aromatic carbocycles. The molecular weight excluding hydrogens is 421 g/mol. The molecule has 0 amide bonds. The summed E-state index contributed by atoms with van der Waals surface area (Å²) in [7, 11) is 4.02. The molecule has 0 saturated carbocycles. The summed E-state index contributed by atoms with van der Waals surface area (Å²) in [6.45, 7) is 8.49. The average molecular weight is 452 g/mol. The van der Waals surface area contributed by atoms with Crippen LogP contribution in [0.4, 0.5) is 4.39 Å². The molecule has 0 fully saturated rings. The Balaban J connectivity index is 0.00000149. The zero-order valence-electron chi connectivity index (χ0n) is 19.8. The first-order chi connectivity index (χ1) is 15.7. The van der Waals surface area contributed by atoms with Gasteiger partial charge in [0.15, 0.2) is 11.6 Å². The zero-order chi connectivity index (χ0) is 24.4. The lowest BCUT2D eigenvalue weighted by Gasteiger charge is -2.18. The van der Waals surface area contributed by atoms with Crippen LogP contribution in [0.1, 0.15) is 37.8 Å². The molecule has 0 radical (unpaired) electrons. The first-order valence-corrected chi connectivity index (χ1v) is 11.0. The van der Waals surface area contributed by atoms with Crippen molar-refractivity contribution >= 4 is 21.7 Å². The smallest absolute Gasteiger partial charge is 0.261 e. The second-order valence-electron chi connectivity index (χ2n) is 8.25. The van der Waals surface area contributed by atoms with Crippen molar-refractivity contribution in [3.05, 3.63) is 74.2 Å². The second kappa shape index (κ2) is 9.58. The van der Waals surface area contributed by atoms with Crippen molar-refractivity contribution in [2.45, 2.75) is 33.6 Å². The van der Waals surface area contributed by atoms with Crippen LogP contribution in [0.5, 0.6) is 5.75 Å². The van der Waals surface area contributed by atoms with Crippen LogP contribution in [0.25, 0.3) is 32.8 Å². The number of benzene rings is 2. The maximum atomic E-state index is 14.9. The molecule has 4 rings (SSSR count). The van der Waals surface area contributed by atoms with E-state index in [2.05, 4.69) is 21.8 Å². The van der Waals surface area contributed by atoms with E-state index in [-0.39, 0.29) is 22.0 Å². The Morgan fingerprint density at radius 1 is 1.03 bits per heavy atom. The van der Waals surface area contributed by atoms with E-state index in [0.29, 0.717) is 22.3 Å². The first-order valence-electron chi connectivity index (χ1n) is 11.0. The summed E-state index contributed by atoms with van der Waals surface area (Å²) in [6, 6.07) is 9.16. The lowest BCUT2D eigenvalue weighted by atomic mass is 9.91. The van der Waals surface area contributed by atoms with E-state index in [1.54, 1.807) is 6.07 Å². The summed E-state index contributed by atoms with van der Waals surface area (Å²) in [4.78, 5) is 32.1. The molecule has 1 unspecified atom stereocenters. The van der Waals surface area contributed by atoms with Gasteiger partial charge in [-0.2, -0.15) is 0 Å². The molecule has 2 aromatic heterocycles. The molecule has 2 heterocycles. The number of likely N-dealkylation sites (N-methyl/N-ethyl adjacent to an activating group) is 1. The van der Waals surface area contributed by atoms with Crippen LogP contribution in [-0.2, 0) is 0 Å². The Morgan fingerprint density at radius 2 is 1.67 bits per heavy atom. The number of aromatic hydroxyl groups is 1. The number of fused-ring (bicyclic) bond motifs is 3. The van der Waals surface area contributed by atoms with Crippen molar-refractivity contribution in [1.82, 2.24) is 14.9 Å². The quantitative estimate of drug-likeness (QED) is 0.386. The number of aromatic nitrogens is 2. The van der Waals surface area contributed by atoms with Crippen LogP contribution in [0, 0.1) is 12.7 Å². The third-order valence-corrected chi connectivity index (χ3v) is 5.75. The van der Waals surface area contributed by atoms with Gasteiger partial charge in [0, 0.05) is 34.6 Å². The highest BCUT2D eigenvalue weighted by Crippen LogP contribution is 2.42. The van der Waals surface area contributed by atoms with E-state index in [4.69, 9.17) is 0 Å². The molecule has 0 spiro atoms. The van der Waals surface area contributed by atoms with Crippen molar-refractivity contribution in [3.8, 4) is 16.9 Å². The van der Waals surface area contributed by atoms with Gasteiger partial charge in [-0.25, -0.2) is 4.39 Å². The number of halogens is 1. The van der Waals surface area contributed by atoms with E-state index in [0.717, 1.165) is 12.1 Å². The van der Waals surface area contributed by atoms with E-state index in [1.165, 1.54) is 13.1 Å². The van der Waals surface area contributed by atoms with Crippen LogP contribution in [-0.4, -0.2) is 40.6 Å². The molecule has 0 aliphatic heterocycles. The van der Waals surface area contributed by atoms with E-state index < -0.39 is 22.7 Å². The van der Waals surface area contributed by atoms with Crippen molar-refractivity contribution in [2.75, 3.05) is 20.6 Å². The number of phenols is 1. The lowest BCUT2D eigenvalue weighted by Crippen LogP contribution is -2.18. The number of rotatable bonds is 4. The number of hydrogen-bond donors (Lipinski definition) is 3. The second-order valence-corrected chi connectivity index (χ2v) is 8.25. The fourth-order valence-corrected chi connectivity index (χ4v) is 4.25. The summed E-state index contributed by atoms with van der Waals surface area (Å²) in [6.07, 6.45) is 1.44. The number of hydrogen-bond acceptors (Lipinski definition) is 4. The van der Waals surface area contributed by atoms with Gasteiger partial charge in [-0.15, -0.1) is 0 Å². The molecule has 7 heteroatoms. The van der Waals surface area contributed by atoms with Crippen LogP contribution >= 0.6 is 0 Å². The molecule has 0 aliphatic rings. The molecule has 4 aromatic rings. The Morgan fingerprint density at radius 3 is 2.27 bits per heavy atom. The fourth-order valence-electron chi connectivity index (χ4n) is 4.25. The summed E-state index contributed by atoms with van der Waals surface area (Å²) < 4.78 is 14.9. The third-order valence-electron chi connectivity index (χ3n) is 5.75. The minimum Gasteiger partial charge on any atom is -0.504 e. The molecule has 0 bridgehead atoms. The highest BCUT2D eigenvalue weighted by Gasteiger charge is 2.22. The molecule has 33 heavy (non-hydrogen) atoms. The molecule has 174 valence electrons. The number of nitrogens with one attached hydrogen (secondary N) is 2. The van der Waals surface area contributed by atoms with Gasteiger partial charge in [-0.1, -0.05) is 45.0 Å². The predicted molar refractivity (Wildman–Crippen MR) is 133 cm³/mol. The summed E-state index contributed by atoms with van der Waals surface area (Å²) in [5, 5.41) is 11.5. The van der Waals surface area contributed by atoms with Crippen LogP contribution < -0.4 is 11.1 Å². The number of nitrogens with zero attached hydrogens (tertiary/aromatic N) is 1. The van der Waals surface area contributed by atoms with Gasteiger partial charge < -0.3 is 20.0 Å². The summed E-state index contributed by atoms with van der Waals surface area (Å²) in [5.74, 6) is -1.01. The van der Waals surface area contributed by atoms with Crippen LogP contribution in [0.15, 0.2) is 46.1 Å². The van der Waals surface area contributed by atoms with Gasteiger partial charge in [-0.3, -0.25) is 9.59 Å². The average Bonchev–Trinajstić information content (AvgIpc) is 2.79. The molecule has 3 N–H and O–H groups in total. The maximum absolute atomic E-state index is 14.9. The number of aromatic amines is 2. The Kier molecular flexibility index (Phi) is 7.03. The summed E-state index contributed by atoms with van der Waals surface area (Å²) >= 11 is 0. The van der Waals surface area contributed by atoms with E-state index in [1.807, 2.05) is 52.2 Å². The predicted octanol–water partition coefficient (Wildman–Crippen LogP) is 4.88. The van der Waals surface area contributed by atoms with Gasteiger partial charge in [-0.05, 0) is 44.1 Å². The number of H-pyrrole nitrogens is 2. The van der Waals surface area contributed by atoms with Gasteiger partial charge in [0.05, 0.1) is 5.52 Å². The standard InChI is InChI=1S/C24H24FN3O3.C2H6/c1-12(11-28(3)4)14-5-7-15(8-6-14)17-18-16-9-10-26-23(30)19(16)24(31)27-21(18)13(2)20(25)22(17)29;1-2/h5-10,12,29H,11H2,1-4H3,(H,26,30)(H,27,31);1-2H3. The van der Waals surface area contributed by atoms with Crippen molar-refractivity contribution in [2.24, 2.45) is 0 Å². The molecule has 0 saturated heterocycles. The Labute approximate surface area is 191 Å². The van der Waals surface area contributed by atoms with Gasteiger partial charge in [0.1, 0.15) is 5.39 Å². The molecule has 1 atom stereocenters. The van der Waals surface area contributed by atoms with Crippen LogP contribution in [0.2, 0.25) is 0 Å². The normalized spacial score (nSPS) is 12.1. The molecule has 0 aliphatic carbocycles. The van der Waals surface area contributed by atoms with Gasteiger partial charge >= 0.3 is 0 Å². The topological polar surface area (TPSA) is 89.2 Å². The minimum absolute atomic E-state index is 0.0575. The summed E-state index contributed by atoms with van der Waals surface area (Å²) in [5.41, 5.74) is 1.19. The van der Waals surface area contributed by atoms with E-state index >= 15 is 0 Å². The van der Waals surface area contributed by atoms with Crippen molar-refractivity contribution < 1.29 is 9.50 Å². The van der Waals surface area contributed by atoms with Gasteiger partial charge in [0.25, 0.3) is 11.1 Å². The fraction of sp³-hybridized carbons (Fsp3) is 0.308. The van der Waals surface area contributed by atoms with Crippen molar-refractivity contribution in [3.63, 3.8) is 0 Å². The highest BCUT2D eigenvalue weighted by atomic mass is 19.1. The maximum Gasteiger partial charge on any atom is 0.261 e. The van der Waals surface area contributed by atoms with Crippen LogP contribution in [0.3, 0.4) is 0 Å². The third kappa shape index (κ3) is 4.28. The Hall–Kier alpha value is -3.45. The largest absolute Gasteiger partial charge is 0.504 e. The minimum atomic E-state index is -0.799. The number of pyridine rings is 2. The first kappa shape index (κ1) is 24.2. The molecule has 6 nitrogen and oxygen atoms in total. The SMILES string of the molecule is CC.Cc1c(F)c(O)c(-c2ccc(C(C)CN(C)C)cc2)c2c1[nH]c(=O)c1c(=O)[nH]ccc12.